The van der Waals surface area contributed by atoms with E-state index in [0.717, 1.165) is 11.8 Å². The maximum absolute atomic E-state index is 5.77. The Morgan fingerprint density at radius 1 is 1.00 bits per heavy atom. The van der Waals surface area contributed by atoms with Crippen molar-refractivity contribution in [2.45, 2.75) is 63.5 Å². The lowest BCUT2D eigenvalue weighted by atomic mass is 9.87. The fourth-order valence-corrected chi connectivity index (χ4v) is 3.23. The number of hydrogen-bond donors (Lipinski definition) is 2. The van der Waals surface area contributed by atoms with Crippen LogP contribution in [0, 0.1) is 11.8 Å². The van der Waals surface area contributed by atoms with Crippen molar-refractivity contribution in [3.8, 4) is 0 Å². The Kier molecular flexibility index (Phi) is 4.62. The lowest BCUT2D eigenvalue weighted by molar-refractivity contribution is 0.0282. The minimum Gasteiger partial charge on any atom is -0.379 e. The highest BCUT2D eigenvalue weighted by Gasteiger charge is 2.39. The van der Waals surface area contributed by atoms with Crippen LogP contribution in [0.2, 0.25) is 0 Å². The van der Waals surface area contributed by atoms with Gasteiger partial charge in [-0.25, -0.2) is 0 Å². The van der Waals surface area contributed by atoms with Crippen LogP contribution in [0.25, 0.3) is 0 Å². The van der Waals surface area contributed by atoms with Gasteiger partial charge in [-0.15, -0.1) is 0 Å². The van der Waals surface area contributed by atoms with Gasteiger partial charge in [0.25, 0.3) is 0 Å². The van der Waals surface area contributed by atoms with E-state index in [4.69, 9.17) is 10.6 Å². The van der Waals surface area contributed by atoms with Gasteiger partial charge in [0.2, 0.25) is 0 Å². The van der Waals surface area contributed by atoms with Gasteiger partial charge >= 0.3 is 0 Å². The molecule has 2 saturated carbocycles. The van der Waals surface area contributed by atoms with Gasteiger partial charge in [-0.1, -0.05) is 25.7 Å². The van der Waals surface area contributed by atoms with E-state index in [0.29, 0.717) is 12.1 Å². The summed E-state index contributed by atoms with van der Waals surface area (Å²) in [6, 6.07) is 0.371. The summed E-state index contributed by atoms with van der Waals surface area (Å²) in [5.74, 6) is 7.25. The van der Waals surface area contributed by atoms with E-state index in [-0.39, 0.29) is 0 Å². The highest BCUT2D eigenvalue weighted by atomic mass is 16.5. The Labute approximate surface area is 99.1 Å². The summed E-state index contributed by atoms with van der Waals surface area (Å²) in [5.41, 5.74) is 3.05. The number of nitrogens with two attached hydrogens (primary N) is 1. The summed E-state index contributed by atoms with van der Waals surface area (Å²) in [4.78, 5) is 0. The number of hydrazine groups is 1. The van der Waals surface area contributed by atoms with Gasteiger partial charge in [0.05, 0.1) is 12.1 Å². The van der Waals surface area contributed by atoms with Crippen LogP contribution in [-0.4, -0.2) is 19.3 Å². The van der Waals surface area contributed by atoms with Gasteiger partial charge < -0.3 is 4.74 Å². The van der Waals surface area contributed by atoms with Crippen LogP contribution in [0.15, 0.2) is 0 Å². The predicted octanol–water partition coefficient (Wildman–Crippen LogP) is 2.21. The normalized spacial score (nSPS) is 27.4. The zero-order chi connectivity index (χ0) is 11.4. The maximum atomic E-state index is 5.77. The lowest BCUT2D eigenvalue weighted by Gasteiger charge is -2.32. The van der Waals surface area contributed by atoms with Crippen molar-refractivity contribution >= 4 is 0 Å². The molecule has 0 saturated heterocycles. The summed E-state index contributed by atoms with van der Waals surface area (Å²) in [5, 5.41) is 0. The molecule has 0 aliphatic heterocycles. The van der Waals surface area contributed by atoms with Crippen LogP contribution < -0.4 is 11.3 Å². The molecule has 0 bridgehead atoms. The van der Waals surface area contributed by atoms with E-state index in [9.17, 15) is 0 Å². The lowest BCUT2D eigenvalue weighted by Crippen LogP contribution is -2.50. The number of hydrogen-bond acceptors (Lipinski definition) is 3. The number of ether oxygens (including phenoxy) is 1. The van der Waals surface area contributed by atoms with Gasteiger partial charge in [-0.2, -0.15) is 0 Å². The molecule has 0 heterocycles. The predicted molar refractivity (Wildman–Crippen MR) is 65.8 cm³/mol. The Morgan fingerprint density at radius 3 is 2.06 bits per heavy atom. The van der Waals surface area contributed by atoms with Crippen molar-refractivity contribution in [1.82, 2.24) is 5.43 Å². The first-order valence-electron chi connectivity index (χ1n) is 6.85. The van der Waals surface area contributed by atoms with E-state index >= 15 is 0 Å². The van der Waals surface area contributed by atoms with Crippen LogP contribution >= 0.6 is 0 Å². The summed E-state index contributed by atoms with van der Waals surface area (Å²) >= 11 is 0. The van der Waals surface area contributed by atoms with Gasteiger partial charge in [0.1, 0.15) is 0 Å². The Morgan fingerprint density at radius 2 is 1.62 bits per heavy atom. The molecule has 0 aromatic carbocycles. The third-order valence-corrected chi connectivity index (χ3v) is 4.31. The van der Waals surface area contributed by atoms with Gasteiger partial charge in [0.15, 0.2) is 0 Å². The Balaban J connectivity index is 1.95. The second-order valence-corrected chi connectivity index (χ2v) is 5.48. The summed E-state index contributed by atoms with van der Waals surface area (Å²) in [6.45, 7) is 0. The van der Waals surface area contributed by atoms with Crippen molar-refractivity contribution in [2.75, 3.05) is 7.11 Å². The number of methoxy groups -OCH3 is 1. The fraction of sp³-hybridized carbons (Fsp3) is 1.00. The summed E-state index contributed by atoms with van der Waals surface area (Å²) in [6.07, 6.45) is 11.2. The molecule has 0 spiro atoms. The average molecular weight is 226 g/mol. The molecule has 2 aliphatic rings. The van der Waals surface area contributed by atoms with Crippen molar-refractivity contribution in [2.24, 2.45) is 17.7 Å². The molecule has 94 valence electrons. The topological polar surface area (TPSA) is 47.3 Å². The van der Waals surface area contributed by atoms with Crippen molar-refractivity contribution in [1.29, 1.82) is 0 Å². The highest BCUT2D eigenvalue weighted by Crippen LogP contribution is 2.39. The van der Waals surface area contributed by atoms with Gasteiger partial charge in [-0.05, 0) is 37.5 Å². The summed E-state index contributed by atoms with van der Waals surface area (Å²) in [7, 11) is 1.84. The zero-order valence-corrected chi connectivity index (χ0v) is 10.5. The summed E-state index contributed by atoms with van der Waals surface area (Å²) < 4.78 is 5.68. The van der Waals surface area contributed by atoms with Crippen LogP contribution in [0.5, 0.6) is 0 Å². The molecule has 2 atom stereocenters. The molecule has 0 amide bonds. The average Bonchev–Trinajstić information content (AvgIpc) is 3.11. The van der Waals surface area contributed by atoms with Crippen LogP contribution in [0.3, 0.4) is 0 Å². The van der Waals surface area contributed by atoms with E-state index in [1.807, 2.05) is 7.11 Å². The molecule has 2 rings (SSSR count). The van der Waals surface area contributed by atoms with Crippen LogP contribution in [0.4, 0.5) is 0 Å². The van der Waals surface area contributed by atoms with E-state index in [1.165, 1.54) is 51.4 Å². The molecular weight excluding hydrogens is 200 g/mol. The molecule has 3 heteroatoms. The first-order chi connectivity index (χ1) is 7.86. The van der Waals surface area contributed by atoms with Crippen molar-refractivity contribution < 1.29 is 4.74 Å². The monoisotopic (exact) mass is 226 g/mol. The highest BCUT2D eigenvalue weighted by molar-refractivity contribution is 4.93. The second-order valence-electron chi connectivity index (χ2n) is 5.48. The minimum absolute atomic E-state index is 0.341. The number of rotatable bonds is 5. The molecule has 2 unspecified atom stereocenters. The molecular formula is C13H26N2O. The van der Waals surface area contributed by atoms with Crippen molar-refractivity contribution in [3.05, 3.63) is 0 Å². The van der Waals surface area contributed by atoms with E-state index in [2.05, 4.69) is 5.43 Å². The largest absolute Gasteiger partial charge is 0.379 e. The molecule has 0 aromatic rings. The van der Waals surface area contributed by atoms with Crippen LogP contribution in [0.1, 0.15) is 51.4 Å². The zero-order valence-electron chi connectivity index (χ0n) is 10.5. The standard InChI is InChI=1S/C13H26N2O/c1-16-13(11-8-9-11)12(15-14)10-6-4-2-3-5-7-10/h10-13,15H,2-9,14H2,1H3. The third kappa shape index (κ3) is 2.96. The molecule has 0 radical (unpaired) electrons. The maximum Gasteiger partial charge on any atom is 0.0768 e. The molecule has 3 N–H and O–H groups in total. The molecule has 3 nitrogen and oxygen atoms in total. The Hall–Kier alpha value is -0.120. The van der Waals surface area contributed by atoms with Crippen LogP contribution in [-0.2, 0) is 4.74 Å². The third-order valence-electron chi connectivity index (χ3n) is 4.31. The molecule has 2 fully saturated rings. The first-order valence-corrected chi connectivity index (χ1v) is 6.85. The van der Waals surface area contributed by atoms with Crippen molar-refractivity contribution in [3.63, 3.8) is 0 Å². The first kappa shape index (κ1) is 12.3. The second kappa shape index (κ2) is 5.99. The SMILES string of the molecule is COC(C1CC1)C(NN)C1CCCCCC1. The smallest absolute Gasteiger partial charge is 0.0768 e. The fourth-order valence-electron chi connectivity index (χ4n) is 3.23. The molecule has 0 aromatic heterocycles. The van der Waals surface area contributed by atoms with E-state index < -0.39 is 0 Å². The van der Waals surface area contributed by atoms with Gasteiger partial charge in [-0.3, -0.25) is 11.3 Å². The number of nitrogens with one attached hydrogen (secondary N) is 1. The molecule has 2 aliphatic carbocycles. The Bertz CT molecular complexity index is 198. The van der Waals surface area contributed by atoms with E-state index in [1.54, 1.807) is 0 Å². The molecule has 16 heavy (non-hydrogen) atoms. The minimum atomic E-state index is 0.341. The quantitative estimate of drug-likeness (QED) is 0.429. The van der Waals surface area contributed by atoms with Gasteiger partial charge in [0, 0.05) is 7.11 Å².